The lowest BCUT2D eigenvalue weighted by Crippen LogP contribution is -2.28. The van der Waals surface area contributed by atoms with E-state index in [4.69, 9.17) is 22.8 Å². The highest BCUT2D eigenvalue weighted by Gasteiger charge is 2.07. The molecule has 0 aliphatic carbocycles. The monoisotopic (exact) mass is 252 g/mol. The first kappa shape index (κ1) is 13.4. The molecule has 1 amide bonds. The van der Waals surface area contributed by atoms with Crippen LogP contribution in [0.5, 0.6) is 5.75 Å². The standard InChI is InChI=1S/C12H13ClN2O2/c1-3-6-14-8-12(16)15-10-7-9(13)4-5-11(10)17-2/h1,4-5,7,14H,6,8H2,2H3,(H,15,16). The van der Waals surface area contributed by atoms with Crippen LogP contribution in [0, 0.1) is 12.3 Å². The lowest BCUT2D eigenvalue weighted by molar-refractivity contribution is -0.115. The minimum absolute atomic E-state index is 0.139. The van der Waals surface area contributed by atoms with E-state index in [0.29, 0.717) is 23.0 Å². The SMILES string of the molecule is C#CCNCC(=O)Nc1cc(Cl)ccc1OC. The van der Waals surface area contributed by atoms with Gasteiger partial charge in [0.2, 0.25) is 5.91 Å². The number of amides is 1. The zero-order valence-electron chi connectivity index (χ0n) is 9.42. The molecule has 0 atom stereocenters. The first-order valence-corrected chi connectivity index (χ1v) is 5.32. The predicted molar refractivity (Wildman–Crippen MR) is 68.3 cm³/mol. The van der Waals surface area contributed by atoms with Crippen molar-refractivity contribution in [1.82, 2.24) is 5.32 Å². The smallest absolute Gasteiger partial charge is 0.238 e. The summed E-state index contributed by atoms with van der Waals surface area (Å²) in [5.41, 5.74) is 0.535. The van der Waals surface area contributed by atoms with Gasteiger partial charge in [-0.3, -0.25) is 10.1 Å². The quantitative estimate of drug-likeness (QED) is 0.617. The number of terminal acetylenes is 1. The lowest BCUT2D eigenvalue weighted by Gasteiger charge is -2.10. The number of ether oxygens (including phenoxy) is 1. The number of carbonyl (C=O) groups is 1. The van der Waals surface area contributed by atoms with Crippen molar-refractivity contribution in [3.8, 4) is 18.1 Å². The highest BCUT2D eigenvalue weighted by molar-refractivity contribution is 6.31. The minimum Gasteiger partial charge on any atom is -0.495 e. The van der Waals surface area contributed by atoms with Crippen molar-refractivity contribution in [3.63, 3.8) is 0 Å². The van der Waals surface area contributed by atoms with E-state index in [2.05, 4.69) is 16.6 Å². The van der Waals surface area contributed by atoms with Crippen molar-refractivity contribution in [1.29, 1.82) is 0 Å². The summed E-state index contributed by atoms with van der Waals surface area (Å²) in [4.78, 5) is 11.5. The van der Waals surface area contributed by atoms with Gasteiger partial charge in [-0.2, -0.15) is 0 Å². The zero-order chi connectivity index (χ0) is 12.7. The maximum Gasteiger partial charge on any atom is 0.238 e. The molecule has 0 aliphatic heterocycles. The Hall–Kier alpha value is -1.70. The van der Waals surface area contributed by atoms with Crippen LogP contribution in [0.25, 0.3) is 0 Å². The molecule has 0 aromatic heterocycles. The Morgan fingerprint density at radius 1 is 1.59 bits per heavy atom. The van der Waals surface area contributed by atoms with E-state index in [1.165, 1.54) is 7.11 Å². The number of hydrogen-bond acceptors (Lipinski definition) is 3. The Morgan fingerprint density at radius 3 is 3.00 bits per heavy atom. The summed E-state index contributed by atoms with van der Waals surface area (Å²) in [6.45, 7) is 0.486. The molecule has 0 spiro atoms. The molecule has 0 unspecified atom stereocenters. The van der Waals surface area contributed by atoms with Crippen molar-refractivity contribution >= 4 is 23.2 Å². The van der Waals surface area contributed by atoms with Crippen molar-refractivity contribution in [3.05, 3.63) is 23.2 Å². The van der Waals surface area contributed by atoms with Gasteiger partial charge in [-0.05, 0) is 18.2 Å². The zero-order valence-corrected chi connectivity index (χ0v) is 10.2. The maximum atomic E-state index is 11.5. The van der Waals surface area contributed by atoms with Crippen LogP contribution < -0.4 is 15.4 Å². The molecule has 0 saturated carbocycles. The number of halogens is 1. The minimum atomic E-state index is -0.208. The van der Waals surface area contributed by atoms with Gasteiger partial charge in [0.1, 0.15) is 5.75 Å². The fourth-order valence-corrected chi connectivity index (χ4v) is 1.39. The van der Waals surface area contributed by atoms with E-state index in [-0.39, 0.29) is 12.5 Å². The topological polar surface area (TPSA) is 50.4 Å². The van der Waals surface area contributed by atoms with Crippen molar-refractivity contribution in [2.45, 2.75) is 0 Å². The summed E-state index contributed by atoms with van der Waals surface area (Å²) >= 11 is 5.84. The molecule has 0 bridgehead atoms. The highest BCUT2D eigenvalue weighted by Crippen LogP contribution is 2.27. The number of rotatable bonds is 5. The average molecular weight is 253 g/mol. The fraction of sp³-hybridized carbons (Fsp3) is 0.250. The fourth-order valence-electron chi connectivity index (χ4n) is 1.22. The van der Waals surface area contributed by atoms with Crippen LogP contribution in [0.2, 0.25) is 5.02 Å². The van der Waals surface area contributed by atoms with Gasteiger partial charge in [0.25, 0.3) is 0 Å². The van der Waals surface area contributed by atoms with Crippen LogP contribution in [-0.4, -0.2) is 26.1 Å². The molecule has 4 nitrogen and oxygen atoms in total. The van der Waals surface area contributed by atoms with Gasteiger partial charge in [0, 0.05) is 5.02 Å². The van der Waals surface area contributed by atoms with Gasteiger partial charge in [0.15, 0.2) is 0 Å². The summed E-state index contributed by atoms with van der Waals surface area (Å²) in [6.07, 6.45) is 5.05. The Morgan fingerprint density at radius 2 is 2.35 bits per heavy atom. The first-order valence-electron chi connectivity index (χ1n) is 4.95. The second kappa shape index (κ2) is 6.79. The largest absolute Gasteiger partial charge is 0.495 e. The normalized spacial score (nSPS) is 9.47. The molecule has 0 heterocycles. The summed E-state index contributed by atoms with van der Waals surface area (Å²) in [5.74, 6) is 2.73. The predicted octanol–water partition coefficient (Wildman–Crippen LogP) is 1.51. The Labute approximate surface area is 105 Å². The van der Waals surface area contributed by atoms with Crippen LogP contribution in [-0.2, 0) is 4.79 Å². The lowest BCUT2D eigenvalue weighted by atomic mass is 10.3. The van der Waals surface area contributed by atoms with Gasteiger partial charge in [-0.1, -0.05) is 17.5 Å². The van der Waals surface area contributed by atoms with E-state index in [9.17, 15) is 4.79 Å². The summed E-state index contributed by atoms with van der Waals surface area (Å²) in [5, 5.41) is 5.99. The van der Waals surface area contributed by atoms with E-state index in [1.807, 2.05) is 0 Å². The van der Waals surface area contributed by atoms with Crippen molar-refractivity contribution in [2.24, 2.45) is 0 Å². The maximum absolute atomic E-state index is 11.5. The molecular weight excluding hydrogens is 240 g/mol. The summed E-state index contributed by atoms with van der Waals surface area (Å²) in [6, 6.07) is 5.00. The molecule has 0 radical (unpaired) electrons. The molecular formula is C12H13ClN2O2. The third kappa shape index (κ3) is 4.35. The molecule has 0 saturated heterocycles. The van der Waals surface area contributed by atoms with Crippen LogP contribution in [0.15, 0.2) is 18.2 Å². The number of benzene rings is 1. The van der Waals surface area contributed by atoms with Crippen LogP contribution in [0.4, 0.5) is 5.69 Å². The number of hydrogen-bond donors (Lipinski definition) is 2. The first-order chi connectivity index (χ1) is 8.17. The van der Waals surface area contributed by atoms with Gasteiger partial charge < -0.3 is 10.1 Å². The van der Waals surface area contributed by atoms with Gasteiger partial charge in [0.05, 0.1) is 25.9 Å². The molecule has 1 aromatic carbocycles. The van der Waals surface area contributed by atoms with Crippen LogP contribution >= 0.6 is 11.6 Å². The number of methoxy groups -OCH3 is 1. The molecule has 90 valence electrons. The molecule has 1 aromatic rings. The third-order valence-electron chi connectivity index (χ3n) is 1.95. The van der Waals surface area contributed by atoms with Crippen molar-refractivity contribution in [2.75, 3.05) is 25.5 Å². The van der Waals surface area contributed by atoms with E-state index < -0.39 is 0 Å². The molecule has 2 N–H and O–H groups in total. The van der Waals surface area contributed by atoms with Gasteiger partial charge in [-0.25, -0.2) is 0 Å². The molecule has 5 heteroatoms. The average Bonchev–Trinajstić information content (AvgIpc) is 2.29. The molecule has 1 rings (SSSR count). The third-order valence-corrected chi connectivity index (χ3v) is 2.18. The Kier molecular flexibility index (Phi) is 5.34. The molecule has 17 heavy (non-hydrogen) atoms. The molecule has 0 fully saturated rings. The number of nitrogens with one attached hydrogen (secondary N) is 2. The Balaban J connectivity index is 2.64. The van der Waals surface area contributed by atoms with Gasteiger partial charge >= 0.3 is 0 Å². The van der Waals surface area contributed by atoms with Crippen molar-refractivity contribution < 1.29 is 9.53 Å². The number of anilines is 1. The molecule has 0 aliphatic rings. The van der Waals surface area contributed by atoms with Crippen LogP contribution in [0.3, 0.4) is 0 Å². The summed E-state index contributed by atoms with van der Waals surface area (Å²) < 4.78 is 5.10. The Bertz CT molecular complexity index is 441. The highest BCUT2D eigenvalue weighted by atomic mass is 35.5. The second-order valence-electron chi connectivity index (χ2n) is 3.20. The number of carbonyl (C=O) groups excluding carboxylic acids is 1. The van der Waals surface area contributed by atoms with E-state index in [0.717, 1.165) is 0 Å². The van der Waals surface area contributed by atoms with E-state index in [1.54, 1.807) is 18.2 Å². The summed E-state index contributed by atoms with van der Waals surface area (Å²) in [7, 11) is 1.52. The van der Waals surface area contributed by atoms with E-state index >= 15 is 0 Å². The second-order valence-corrected chi connectivity index (χ2v) is 3.64. The van der Waals surface area contributed by atoms with Crippen LogP contribution in [0.1, 0.15) is 0 Å². The van der Waals surface area contributed by atoms with Gasteiger partial charge in [-0.15, -0.1) is 6.42 Å².